The minimum absolute atomic E-state index is 0.0634. The summed E-state index contributed by atoms with van der Waals surface area (Å²) in [5.41, 5.74) is -0.0973. The van der Waals surface area contributed by atoms with Gasteiger partial charge in [-0.05, 0) is 32.1 Å². The molecule has 0 bridgehead atoms. The predicted octanol–water partition coefficient (Wildman–Crippen LogP) is 2.49. The zero-order chi connectivity index (χ0) is 14.6. The van der Waals surface area contributed by atoms with Crippen LogP contribution in [0, 0.1) is 11.3 Å². The van der Waals surface area contributed by atoms with Crippen LogP contribution in [0.5, 0.6) is 0 Å². The number of halogens is 3. The van der Waals surface area contributed by atoms with Gasteiger partial charge in [-0.3, -0.25) is 0 Å². The largest absolute Gasteiger partial charge is 0.396 e. The van der Waals surface area contributed by atoms with Crippen LogP contribution in [0.3, 0.4) is 0 Å². The Kier molecular flexibility index (Phi) is 5.31. The minimum Gasteiger partial charge on any atom is -0.396 e. The van der Waals surface area contributed by atoms with E-state index < -0.39 is 12.1 Å². The lowest BCUT2D eigenvalue weighted by Crippen LogP contribution is -2.44. The van der Waals surface area contributed by atoms with E-state index in [9.17, 15) is 13.2 Å². The second kappa shape index (κ2) is 6.62. The molecule has 0 unspecified atom stereocenters. The van der Waals surface area contributed by atoms with Crippen molar-refractivity contribution in [2.45, 2.75) is 50.7 Å². The van der Waals surface area contributed by atoms with Crippen LogP contribution >= 0.6 is 0 Å². The molecular weight excluding hydrogens is 271 g/mol. The first-order chi connectivity index (χ1) is 9.45. The highest BCUT2D eigenvalue weighted by Crippen LogP contribution is 2.38. The topological polar surface area (TPSA) is 41.5 Å². The van der Waals surface area contributed by atoms with E-state index in [0.717, 1.165) is 12.8 Å². The lowest BCUT2D eigenvalue weighted by atomic mass is 9.81. The molecule has 1 heterocycles. The SMILES string of the molecule is OCC[C@]1(CN[C@H]2CCC[C@H](C(F)(F)F)C2)CCOC1. The molecule has 1 saturated heterocycles. The van der Waals surface area contributed by atoms with Crippen molar-refractivity contribution in [3.8, 4) is 0 Å². The average molecular weight is 295 g/mol. The summed E-state index contributed by atoms with van der Waals surface area (Å²) in [4.78, 5) is 0. The van der Waals surface area contributed by atoms with Gasteiger partial charge in [0.1, 0.15) is 0 Å². The van der Waals surface area contributed by atoms with Gasteiger partial charge < -0.3 is 15.2 Å². The van der Waals surface area contributed by atoms with Crippen LogP contribution in [0.15, 0.2) is 0 Å². The van der Waals surface area contributed by atoms with Crippen LogP contribution in [0.25, 0.3) is 0 Å². The minimum atomic E-state index is -4.07. The number of aliphatic hydroxyl groups is 1. The Morgan fingerprint density at radius 2 is 2.10 bits per heavy atom. The quantitative estimate of drug-likeness (QED) is 0.819. The summed E-state index contributed by atoms with van der Waals surface area (Å²) in [5, 5.41) is 12.4. The molecule has 2 fully saturated rings. The summed E-state index contributed by atoms with van der Waals surface area (Å²) in [6, 6.07) is -0.0634. The summed E-state index contributed by atoms with van der Waals surface area (Å²) in [7, 11) is 0. The first-order valence-electron chi connectivity index (χ1n) is 7.44. The number of hydrogen-bond acceptors (Lipinski definition) is 3. The zero-order valence-electron chi connectivity index (χ0n) is 11.7. The van der Waals surface area contributed by atoms with Gasteiger partial charge in [0.25, 0.3) is 0 Å². The highest BCUT2D eigenvalue weighted by Gasteiger charge is 2.42. The number of alkyl halides is 3. The van der Waals surface area contributed by atoms with E-state index in [1.54, 1.807) is 0 Å². The molecule has 6 heteroatoms. The second-order valence-corrected chi connectivity index (χ2v) is 6.26. The van der Waals surface area contributed by atoms with Gasteiger partial charge in [-0.25, -0.2) is 0 Å². The number of aliphatic hydroxyl groups excluding tert-OH is 1. The van der Waals surface area contributed by atoms with Crippen molar-refractivity contribution in [1.29, 1.82) is 0 Å². The van der Waals surface area contributed by atoms with Crippen molar-refractivity contribution in [1.82, 2.24) is 5.32 Å². The normalized spacial score (nSPS) is 35.4. The van der Waals surface area contributed by atoms with Crippen LogP contribution in [0.4, 0.5) is 13.2 Å². The summed E-state index contributed by atoms with van der Waals surface area (Å²) in [5.74, 6) is -1.16. The third-order valence-corrected chi connectivity index (χ3v) is 4.73. The summed E-state index contributed by atoms with van der Waals surface area (Å²) in [6.07, 6.45) is -0.675. The fourth-order valence-electron chi connectivity index (χ4n) is 3.34. The third-order valence-electron chi connectivity index (χ3n) is 4.73. The standard InChI is InChI=1S/C14H24F3NO2/c15-14(16,17)11-2-1-3-12(8-11)18-9-13(4-6-19)5-7-20-10-13/h11-12,18-19H,1-10H2/t11-,12-,13+/m0/s1. The first kappa shape index (κ1) is 16.0. The van der Waals surface area contributed by atoms with Crippen LogP contribution < -0.4 is 5.32 Å². The lowest BCUT2D eigenvalue weighted by molar-refractivity contribution is -0.183. The molecule has 1 aliphatic heterocycles. The number of nitrogens with one attached hydrogen (secondary N) is 1. The van der Waals surface area contributed by atoms with Crippen molar-refractivity contribution < 1.29 is 23.0 Å². The van der Waals surface area contributed by atoms with E-state index in [-0.39, 0.29) is 30.9 Å². The Bertz CT molecular complexity index is 303. The molecule has 118 valence electrons. The Balaban J connectivity index is 1.83. The molecule has 2 N–H and O–H groups in total. The Hall–Kier alpha value is -0.330. The molecule has 20 heavy (non-hydrogen) atoms. The smallest absolute Gasteiger partial charge is 0.391 e. The Labute approximate surface area is 117 Å². The van der Waals surface area contributed by atoms with Gasteiger partial charge in [-0.2, -0.15) is 13.2 Å². The van der Waals surface area contributed by atoms with Crippen molar-refractivity contribution in [2.24, 2.45) is 11.3 Å². The van der Waals surface area contributed by atoms with Crippen molar-refractivity contribution in [3.05, 3.63) is 0 Å². The van der Waals surface area contributed by atoms with Crippen molar-refractivity contribution >= 4 is 0 Å². The molecule has 0 spiro atoms. The monoisotopic (exact) mass is 295 g/mol. The van der Waals surface area contributed by atoms with Crippen molar-refractivity contribution in [2.75, 3.05) is 26.4 Å². The first-order valence-corrected chi connectivity index (χ1v) is 7.44. The molecular formula is C14H24F3NO2. The highest BCUT2D eigenvalue weighted by molar-refractivity contribution is 4.88. The molecule has 0 aromatic carbocycles. The van der Waals surface area contributed by atoms with Gasteiger partial charge in [-0.15, -0.1) is 0 Å². The zero-order valence-corrected chi connectivity index (χ0v) is 11.7. The Morgan fingerprint density at radius 1 is 1.30 bits per heavy atom. The fraction of sp³-hybridized carbons (Fsp3) is 1.00. The van der Waals surface area contributed by atoms with E-state index in [2.05, 4.69) is 5.32 Å². The Morgan fingerprint density at radius 3 is 2.70 bits per heavy atom. The molecule has 0 aromatic heterocycles. The maximum absolute atomic E-state index is 12.8. The molecule has 1 saturated carbocycles. The number of rotatable bonds is 5. The average Bonchev–Trinajstić information content (AvgIpc) is 2.85. The molecule has 2 rings (SSSR count). The molecule has 0 aromatic rings. The maximum atomic E-state index is 12.8. The van der Waals surface area contributed by atoms with Crippen LogP contribution in [0.2, 0.25) is 0 Å². The van der Waals surface area contributed by atoms with Gasteiger partial charge in [0.2, 0.25) is 0 Å². The summed E-state index contributed by atoms with van der Waals surface area (Å²) < 4.78 is 43.7. The van der Waals surface area contributed by atoms with Gasteiger partial charge in [0, 0.05) is 31.2 Å². The third kappa shape index (κ3) is 4.09. The fourth-order valence-corrected chi connectivity index (χ4v) is 3.34. The van der Waals surface area contributed by atoms with E-state index >= 15 is 0 Å². The molecule has 0 amide bonds. The van der Waals surface area contributed by atoms with Crippen LogP contribution in [0.1, 0.15) is 38.5 Å². The summed E-state index contributed by atoms with van der Waals surface area (Å²) in [6.45, 7) is 2.01. The van der Waals surface area contributed by atoms with Gasteiger partial charge in [-0.1, -0.05) is 6.42 Å². The molecule has 3 atom stereocenters. The van der Waals surface area contributed by atoms with E-state index in [4.69, 9.17) is 9.84 Å². The van der Waals surface area contributed by atoms with Crippen LogP contribution in [-0.4, -0.2) is 43.7 Å². The van der Waals surface area contributed by atoms with E-state index in [1.807, 2.05) is 0 Å². The molecule has 0 radical (unpaired) electrons. The number of ether oxygens (including phenoxy) is 1. The molecule has 2 aliphatic rings. The second-order valence-electron chi connectivity index (χ2n) is 6.26. The van der Waals surface area contributed by atoms with Gasteiger partial charge in [0.05, 0.1) is 12.5 Å². The number of hydrogen-bond donors (Lipinski definition) is 2. The molecule has 1 aliphatic carbocycles. The van der Waals surface area contributed by atoms with Crippen LogP contribution in [-0.2, 0) is 4.74 Å². The predicted molar refractivity (Wildman–Crippen MR) is 69.4 cm³/mol. The highest BCUT2D eigenvalue weighted by atomic mass is 19.4. The summed E-state index contributed by atoms with van der Waals surface area (Å²) >= 11 is 0. The van der Waals surface area contributed by atoms with E-state index in [0.29, 0.717) is 32.6 Å². The molecule has 3 nitrogen and oxygen atoms in total. The van der Waals surface area contributed by atoms with Crippen molar-refractivity contribution in [3.63, 3.8) is 0 Å². The maximum Gasteiger partial charge on any atom is 0.391 e. The van der Waals surface area contributed by atoms with E-state index in [1.165, 1.54) is 0 Å². The lowest BCUT2D eigenvalue weighted by Gasteiger charge is -2.34. The van der Waals surface area contributed by atoms with Gasteiger partial charge >= 0.3 is 6.18 Å². The van der Waals surface area contributed by atoms with Gasteiger partial charge in [0.15, 0.2) is 0 Å².